The van der Waals surface area contributed by atoms with Crippen molar-refractivity contribution >= 4 is 11.9 Å². The molecule has 0 saturated carbocycles. The Bertz CT molecular complexity index is 745. The lowest BCUT2D eigenvalue weighted by molar-refractivity contribution is -0.154. The van der Waals surface area contributed by atoms with E-state index in [1.54, 1.807) is 10.7 Å². The Kier molecular flexibility index (Phi) is 6.55. The largest absolute Gasteiger partial charge is 0.460 e. The van der Waals surface area contributed by atoms with E-state index in [2.05, 4.69) is 5.10 Å². The molecule has 0 N–H and O–H groups in total. The lowest BCUT2D eigenvalue weighted by atomic mass is 10.2. The van der Waals surface area contributed by atoms with Crippen molar-refractivity contribution in [1.82, 2.24) is 9.78 Å². The van der Waals surface area contributed by atoms with Crippen molar-refractivity contribution in [2.75, 3.05) is 0 Å². The topological polar surface area (TPSA) is 70.4 Å². The molecule has 1 aromatic heterocycles. The minimum absolute atomic E-state index is 0.210. The maximum absolute atomic E-state index is 12.4. The zero-order valence-corrected chi connectivity index (χ0v) is 15.8. The summed E-state index contributed by atoms with van der Waals surface area (Å²) in [5.74, 6) is -0.679. The van der Waals surface area contributed by atoms with Crippen LogP contribution in [0.15, 0.2) is 36.4 Å². The van der Waals surface area contributed by atoms with Crippen LogP contribution in [-0.4, -0.2) is 27.3 Å². The number of hydrogen-bond acceptors (Lipinski definition) is 5. The normalized spacial score (nSPS) is 11.2. The average molecular weight is 358 g/mol. The maximum atomic E-state index is 12.4. The highest BCUT2D eigenvalue weighted by Crippen LogP contribution is 2.12. The molecule has 0 amide bonds. The van der Waals surface area contributed by atoms with Crippen LogP contribution in [0.25, 0.3) is 0 Å². The quantitative estimate of drug-likeness (QED) is 0.706. The van der Waals surface area contributed by atoms with Gasteiger partial charge in [-0.05, 0) is 45.7 Å². The number of aryl methyl sites for hydroxylation is 2. The molecule has 0 fully saturated rings. The second kappa shape index (κ2) is 8.65. The van der Waals surface area contributed by atoms with Crippen LogP contribution in [0.3, 0.4) is 0 Å². The van der Waals surface area contributed by atoms with Gasteiger partial charge in [-0.1, -0.05) is 30.3 Å². The summed E-state index contributed by atoms with van der Waals surface area (Å²) in [6, 6.07) is 11.2. The van der Waals surface area contributed by atoms with E-state index in [-0.39, 0.29) is 19.0 Å². The lowest BCUT2D eigenvalue weighted by Crippen LogP contribution is -2.24. The average Bonchev–Trinajstić information content (AvgIpc) is 2.93. The fourth-order valence-corrected chi connectivity index (χ4v) is 2.44. The molecule has 140 valence electrons. The molecule has 26 heavy (non-hydrogen) atoms. The van der Waals surface area contributed by atoms with Crippen LogP contribution in [0, 0.1) is 6.92 Å². The molecule has 0 aliphatic heterocycles. The zero-order valence-electron chi connectivity index (χ0n) is 15.8. The van der Waals surface area contributed by atoms with E-state index in [0.29, 0.717) is 18.7 Å². The molecule has 0 radical (unpaired) electrons. The first kappa shape index (κ1) is 19.7. The van der Waals surface area contributed by atoms with Crippen molar-refractivity contribution in [2.45, 2.75) is 59.3 Å². The predicted molar refractivity (Wildman–Crippen MR) is 97.6 cm³/mol. The van der Waals surface area contributed by atoms with E-state index >= 15 is 0 Å². The molecule has 0 spiro atoms. The number of aromatic nitrogens is 2. The van der Waals surface area contributed by atoms with Crippen molar-refractivity contribution in [2.24, 2.45) is 0 Å². The molecule has 1 heterocycles. The Hall–Kier alpha value is -2.63. The van der Waals surface area contributed by atoms with Gasteiger partial charge in [0.1, 0.15) is 17.9 Å². The number of benzene rings is 1. The van der Waals surface area contributed by atoms with Gasteiger partial charge < -0.3 is 9.47 Å². The van der Waals surface area contributed by atoms with Crippen LogP contribution >= 0.6 is 0 Å². The van der Waals surface area contributed by atoms with Gasteiger partial charge in [0, 0.05) is 13.0 Å². The van der Waals surface area contributed by atoms with Crippen LogP contribution in [0.4, 0.5) is 0 Å². The fraction of sp³-hybridized carbons (Fsp3) is 0.450. The van der Waals surface area contributed by atoms with Gasteiger partial charge in [0.25, 0.3) is 0 Å². The van der Waals surface area contributed by atoms with Crippen LogP contribution in [0.1, 0.15) is 55.4 Å². The standard InChI is InChI=1S/C20H26N2O4/c1-15-13-17(19(24)25-14-16-9-6-5-7-10-16)22(21-15)12-8-11-18(23)26-20(2,3)4/h5-7,9-10,13H,8,11-12,14H2,1-4H3. The van der Waals surface area contributed by atoms with E-state index in [4.69, 9.17) is 9.47 Å². The van der Waals surface area contributed by atoms with Crippen molar-refractivity contribution in [3.63, 3.8) is 0 Å². The summed E-state index contributed by atoms with van der Waals surface area (Å²) in [5, 5.41) is 4.32. The van der Waals surface area contributed by atoms with Gasteiger partial charge in [0.15, 0.2) is 0 Å². The number of nitrogens with zero attached hydrogens (tertiary/aromatic N) is 2. The number of rotatable bonds is 7. The monoisotopic (exact) mass is 358 g/mol. The summed E-state index contributed by atoms with van der Waals surface area (Å²) < 4.78 is 12.2. The Morgan fingerprint density at radius 1 is 1.15 bits per heavy atom. The molecular weight excluding hydrogens is 332 g/mol. The first-order valence-electron chi connectivity index (χ1n) is 8.72. The Morgan fingerprint density at radius 2 is 1.85 bits per heavy atom. The fourth-order valence-electron chi connectivity index (χ4n) is 2.44. The second-order valence-corrected chi connectivity index (χ2v) is 7.15. The van der Waals surface area contributed by atoms with Gasteiger partial charge >= 0.3 is 11.9 Å². The molecule has 0 saturated heterocycles. The van der Waals surface area contributed by atoms with E-state index in [1.807, 2.05) is 58.0 Å². The third kappa shape index (κ3) is 6.35. The van der Waals surface area contributed by atoms with Gasteiger partial charge in [-0.3, -0.25) is 9.48 Å². The van der Waals surface area contributed by atoms with E-state index in [0.717, 1.165) is 11.3 Å². The van der Waals surface area contributed by atoms with Crippen LogP contribution < -0.4 is 0 Å². The highest BCUT2D eigenvalue weighted by molar-refractivity contribution is 5.87. The first-order chi connectivity index (χ1) is 12.2. The molecule has 6 heteroatoms. The number of hydrogen-bond donors (Lipinski definition) is 0. The molecule has 0 aliphatic rings. The van der Waals surface area contributed by atoms with E-state index < -0.39 is 11.6 Å². The smallest absolute Gasteiger partial charge is 0.356 e. The van der Waals surface area contributed by atoms with Gasteiger partial charge in [-0.2, -0.15) is 5.10 Å². The summed E-state index contributed by atoms with van der Waals surface area (Å²) in [6.45, 7) is 7.98. The number of carbonyl (C=O) groups is 2. The summed E-state index contributed by atoms with van der Waals surface area (Å²) in [6.07, 6.45) is 0.809. The molecule has 0 atom stereocenters. The number of carbonyl (C=O) groups excluding carboxylic acids is 2. The Balaban J connectivity index is 1.90. The van der Waals surface area contributed by atoms with Crippen LogP contribution in [0.2, 0.25) is 0 Å². The highest BCUT2D eigenvalue weighted by Gasteiger charge is 2.18. The second-order valence-electron chi connectivity index (χ2n) is 7.15. The first-order valence-corrected chi connectivity index (χ1v) is 8.72. The molecule has 6 nitrogen and oxygen atoms in total. The van der Waals surface area contributed by atoms with Gasteiger partial charge in [0.2, 0.25) is 0 Å². The van der Waals surface area contributed by atoms with Crippen molar-refractivity contribution in [3.8, 4) is 0 Å². The summed E-state index contributed by atoms with van der Waals surface area (Å²) >= 11 is 0. The number of ether oxygens (including phenoxy) is 2. The minimum Gasteiger partial charge on any atom is -0.460 e. The summed E-state index contributed by atoms with van der Waals surface area (Å²) in [5.41, 5.74) is 1.55. The van der Waals surface area contributed by atoms with Crippen molar-refractivity contribution in [3.05, 3.63) is 53.3 Å². The van der Waals surface area contributed by atoms with Crippen LogP contribution in [0.5, 0.6) is 0 Å². The predicted octanol–water partition coefficient (Wildman–Crippen LogP) is 3.67. The molecule has 0 bridgehead atoms. The summed E-state index contributed by atoms with van der Waals surface area (Å²) in [7, 11) is 0. The van der Waals surface area contributed by atoms with Crippen molar-refractivity contribution in [1.29, 1.82) is 0 Å². The Morgan fingerprint density at radius 3 is 2.50 bits per heavy atom. The Labute approximate surface area is 154 Å². The van der Waals surface area contributed by atoms with Gasteiger partial charge in [0.05, 0.1) is 5.69 Å². The molecular formula is C20H26N2O4. The van der Waals surface area contributed by atoms with E-state index in [1.165, 1.54) is 0 Å². The zero-order chi connectivity index (χ0) is 19.2. The lowest BCUT2D eigenvalue weighted by Gasteiger charge is -2.19. The molecule has 1 aromatic carbocycles. The highest BCUT2D eigenvalue weighted by atomic mass is 16.6. The third-order valence-electron chi connectivity index (χ3n) is 3.49. The van der Waals surface area contributed by atoms with E-state index in [9.17, 15) is 9.59 Å². The SMILES string of the molecule is Cc1cc(C(=O)OCc2ccccc2)n(CCCC(=O)OC(C)(C)C)n1. The maximum Gasteiger partial charge on any atom is 0.356 e. The molecule has 0 unspecified atom stereocenters. The number of esters is 2. The molecule has 0 aliphatic carbocycles. The van der Waals surface area contributed by atoms with Crippen molar-refractivity contribution < 1.29 is 19.1 Å². The van der Waals surface area contributed by atoms with Crippen LogP contribution in [-0.2, 0) is 27.4 Å². The third-order valence-corrected chi connectivity index (χ3v) is 3.49. The molecule has 2 aromatic rings. The van der Waals surface area contributed by atoms with Gasteiger partial charge in [-0.25, -0.2) is 4.79 Å². The minimum atomic E-state index is -0.494. The van der Waals surface area contributed by atoms with Gasteiger partial charge in [-0.15, -0.1) is 0 Å². The molecule has 2 rings (SSSR count). The summed E-state index contributed by atoms with van der Waals surface area (Å²) in [4.78, 5) is 24.2.